The smallest absolute Gasteiger partial charge is 0.267 e. The van der Waals surface area contributed by atoms with Gasteiger partial charge in [0.25, 0.3) is 5.56 Å². The molecule has 0 bridgehead atoms. The van der Waals surface area contributed by atoms with Gasteiger partial charge in [0.05, 0.1) is 18.9 Å². The van der Waals surface area contributed by atoms with Gasteiger partial charge in [-0.3, -0.25) is 4.79 Å². The van der Waals surface area contributed by atoms with Crippen LogP contribution in [-0.4, -0.2) is 10.2 Å². The second-order valence-corrected chi connectivity index (χ2v) is 5.50. The molecule has 0 aliphatic carbocycles. The molecule has 1 heterocycles. The molecule has 1 aromatic heterocycles. The lowest BCUT2D eigenvalue weighted by Crippen LogP contribution is -2.16. The average Bonchev–Trinajstić information content (AvgIpc) is 2.60. The average molecular weight is 324 g/mol. The third-order valence-electron chi connectivity index (χ3n) is 3.60. The first-order valence-corrected chi connectivity index (χ1v) is 7.64. The minimum Gasteiger partial charge on any atom is -0.370 e. The quantitative estimate of drug-likeness (QED) is 0.757. The van der Waals surface area contributed by atoms with E-state index in [4.69, 9.17) is 4.74 Å². The van der Waals surface area contributed by atoms with Gasteiger partial charge in [-0.2, -0.15) is 5.10 Å². The van der Waals surface area contributed by atoms with Crippen LogP contribution in [0.2, 0.25) is 0 Å². The molecule has 0 aliphatic rings. The van der Waals surface area contributed by atoms with E-state index in [0.717, 1.165) is 11.1 Å². The molecule has 24 heavy (non-hydrogen) atoms. The Balaban J connectivity index is 1.63. The third kappa shape index (κ3) is 4.36. The van der Waals surface area contributed by atoms with E-state index < -0.39 is 0 Å². The van der Waals surface area contributed by atoms with Gasteiger partial charge in [0, 0.05) is 12.0 Å². The Labute approximate surface area is 138 Å². The van der Waals surface area contributed by atoms with Crippen molar-refractivity contribution in [3.05, 3.63) is 99.2 Å². The lowest BCUT2D eigenvalue weighted by molar-refractivity contribution is 0.104. The van der Waals surface area contributed by atoms with Crippen molar-refractivity contribution in [3.8, 4) is 0 Å². The Morgan fingerprint density at radius 2 is 1.71 bits per heavy atom. The van der Waals surface area contributed by atoms with E-state index in [0.29, 0.717) is 24.3 Å². The van der Waals surface area contributed by atoms with E-state index in [1.807, 2.05) is 30.3 Å². The molecule has 1 N–H and O–H groups in total. The lowest BCUT2D eigenvalue weighted by Gasteiger charge is -2.06. The highest BCUT2D eigenvalue weighted by Crippen LogP contribution is 2.08. The fourth-order valence-electron chi connectivity index (χ4n) is 2.37. The molecule has 0 spiro atoms. The highest BCUT2D eigenvalue weighted by Gasteiger charge is 2.05. The van der Waals surface area contributed by atoms with E-state index >= 15 is 0 Å². The number of aromatic amines is 1. The molecule has 0 radical (unpaired) electrons. The maximum absolute atomic E-state index is 12.9. The minimum atomic E-state index is -0.272. The van der Waals surface area contributed by atoms with Gasteiger partial charge < -0.3 is 4.74 Å². The fraction of sp³-hybridized carbons (Fsp3) is 0.158. The summed E-state index contributed by atoms with van der Waals surface area (Å²) in [5.41, 5.74) is 3.05. The van der Waals surface area contributed by atoms with Gasteiger partial charge in [-0.1, -0.05) is 42.5 Å². The van der Waals surface area contributed by atoms with Crippen molar-refractivity contribution in [2.75, 3.05) is 0 Å². The maximum Gasteiger partial charge on any atom is 0.267 e. The fourth-order valence-corrected chi connectivity index (χ4v) is 2.37. The second kappa shape index (κ2) is 7.66. The number of rotatable bonds is 6. The van der Waals surface area contributed by atoms with Crippen LogP contribution >= 0.6 is 0 Å². The molecular formula is C19H17FN2O2. The first-order chi connectivity index (χ1) is 11.7. The van der Waals surface area contributed by atoms with Crippen molar-refractivity contribution < 1.29 is 9.13 Å². The SMILES string of the molecule is O=c1[nH]nc(COCc2ccc(F)cc2)cc1Cc1ccccc1. The topological polar surface area (TPSA) is 55.0 Å². The predicted octanol–water partition coefficient (Wildman–Crippen LogP) is 3.22. The molecule has 3 aromatic rings. The first-order valence-electron chi connectivity index (χ1n) is 7.64. The molecule has 0 saturated carbocycles. The van der Waals surface area contributed by atoms with Crippen LogP contribution in [0.15, 0.2) is 65.5 Å². The van der Waals surface area contributed by atoms with Crippen LogP contribution in [-0.2, 0) is 24.4 Å². The van der Waals surface area contributed by atoms with Gasteiger partial charge in [-0.25, -0.2) is 9.49 Å². The van der Waals surface area contributed by atoms with Gasteiger partial charge in [-0.05, 0) is 29.3 Å². The van der Waals surface area contributed by atoms with Crippen LogP contribution in [0.4, 0.5) is 4.39 Å². The number of nitrogens with zero attached hydrogens (tertiary/aromatic N) is 1. The molecule has 4 nitrogen and oxygen atoms in total. The van der Waals surface area contributed by atoms with E-state index in [9.17, 15) is 9.18 Å². The number of hydrogen-bond acceptors (Lipinski definition) is 3. The van der Waals surface area contributed by atoms with E-state index in [1.54, 1.807) is 18.2 Å². The highest BCUT2D eigenvalue weighted by molar-refractivity contribution is 5.24. The van der Waals surface area contributed by atoms with Gasteiger partial charge in [0.2, 0.25) is 0 Å². The zero-order chi connectivity index (χ0) is 16.8. The molecule has 0 unspecified atom stereocenters. The largest absolute Gasteiger partial charge is 0.370 e. The molecule has 0 amide bonds. The van der Waals surface area contributed by atoms with Gasteiger partial charge in [0.15, 0.2) is 0 Å². The van der Waals surface area contributed by atoms with E-state index in [-0.39, 0.29) is 18.0 Å². The molecule has 122 valence electrons. The summed E-state index contributed by atoms with van der Waals surface area (Å²) >= 11 is 0. The summed E-state index contributed by atoms with van der Waals surface area (Å²) < 4.78 is 18.4. The van der Waals surface area contributed by atoms with Crippen LogP contribution < -0.4 is 5.56 Å². The Hall–Kier alpha value is -2.79. The van der Waals surface area contributed by atoms with Crippen LogP contribution in [0.3, 0.4) is 0 Å². The second-order valence-electron chi connectivity index (χ2n) is 5.50. The number of benzene rings is 2. The number of ether oxygens (including phenoxy) is 1. The standard InChI is InChI=1S/C19H17FN2O2/c20-17-8-6-15(7-9-17)12-24-13-18-11-16(19(23)22-21-18)10-14-4-2-1-3-5-14/h1-9,11H,10,12-13H2,(H,22,23). The van der Waals surface area contributed by atoms with Gasteiger partial charge in [0.1, 0.15) is 5.82 Å². The number of halogens is 1. The summed E-state index contributed by atoms with van der Waals surface area (Å²) in [5.74, 6) is -0.272. The molecule has 3 rings (SSSR count). The number of hydrogen-bond donors (Lipinski definition) is 1. The normalized spacial score (nSPS) is 10.7. The van der Waals surface area contributed by atoms with Crippen LogP contribution in [0.1, 0.15) is 22.4 Å². The van der Waals surface area contributed by atoms with Crippen LogP contribution in [0, 0.1) is 5.82 Å². The van der Waals surface area contributed by atoms with Crippen molar-refractivity contribution in [2.24, 2.45) is 0 Å². The monoisotopic (exact) mass is 324 g/mol. The van der Waals surface area contributed by atoms with Crippen molar-refractivity contribution in [3.63, 3.8) is 0 Å². The maximum atomic E-state index is 12.9. The summed E-state index contributed by atoms with van der Waals surface area (Å²) in [4.78, 5) is 11.9. The Kier molecular flexibility index (Phi) is 5.13. The summed E-state index contributed by atoms with van der Waals surface area (Å²) in [6.45, 7) is 0.630. The lowest BCUT2D eigenvalue weighted by atomic mass is 10.1. The molecule has 0 saturated heterocycles. The molecular weight excluding hydrogens is 307 g/mol. The third-order valence-corrected chi connectivity index (χ3v) is 3.60. The van der Waals surface area contributed by atoms with Crippen LogP contribution in [0.25, 0.3) is 0 Å². The molecule has 0 aliphatic heterocycles. The Morgan fingerprint density at radius 3 is 2.46 bits per heavy atom. The van der Waals surface area contributed by atoms with E-state index in [2.05, 4.69) is 10.2 Å². The highest BCUT2D eigenvalue weighted by atomic mass is 19.1. The zero-order valence-electron chi connectivity index (χ0n) is 13.0. The molecule has 0 fully saturated rings. The van der Waals surface area contributed by atoms with Crippen LogP contribution in [0.5, 0.6) is 0 Å². The van der Waals surface area contributed by atoms with Crippen molar-refractivity contribution in [1.82, 2.24) is 10.2 Å². The number of H-pyrrole nitrogens is 1. The summed E-state index contributed by atoms with van der Waals surface area (Å²) in [5, 5.41) is 6.51. The predicted molar refractivity (Wildman–Crippen MR) is 89.0 cm³/mol. The minimum absolute atomic E-state index is 0.193. The Morgan fingerprint density at radius 1 is 0.958 bits per heavy atom. The summed E-state index contributed by atoms with van der Waals surface area (Å²) in [7, 11) is 0. The van der Waals surface area contributed by atoms with Crippen molar-refractivity contribution >= 4 is 0 Å². The Bertz CT molecular complexity index is 845. The van der Waals surface area contributed by atoms with Gasteiger partial charge in [-0.15, -0.1) is 0 Å². The first kappa shape index (κ1) is 16.1. The zero-order valence-corrected chi connectivity index (χ0v) is 13.0. The number of nitrogens with one attached hydrogen (secondary N) is 1. The summed E-state index contributed by atoms with van der Waals surface area (Å²) in [6, 6.07) is 17.7. The van der Waals surface area contributed by atoms with Crippen molar-refractivity contribution in [2.45, 2.75) is 19.6 Å². The molecule has 0 atom stereocenters. The van der Waals surface area contributed by atoms with E-state index in [1.165, 1.54) is 12.1 Å². The van der Waals surface area contributed by atoms with Crippen molar-refractivity contribution in [1.29, 1.82) is 0 Å². The summed E-state index contributed by atoms with van der Waals surface area (Å²) in [6.07, 6.45) is 0.545. The molecule has 5 heteroatoms. The number of aromatic nitrogens is 2. The molecule has 2 aromatic carbocycles. The van der Waals surface area contributed by atoms with Gasteiger partial charge >= 0.3 is 0 Å².